The largest absolute Gasteiger partial charge is 0.747 e. The van der Waals surface area contributed by atoms with E-state index < -0.39 is 25.6 Å². The highest BCUT2D eigenvalue weighted by Crippen LogP contribution is 2.38. The molecule has 0 radical (unpaired) electrons. The Hall–Kier alpha value is -3.02. The lowest BCUT2D eigenvalue weighted by Crippen LogP contribution is -2.21. The lowest BCUT2D eigenvalue weighted by atomic mass is 9.82. The van der Waals surface area contributed by atoms with Gasteiger partial charge < -0.3 is 10.2 Å². The summed E-state index contributed by atoms with van der Waals surface area (Å²) in [5, 5.41) is 20.3. The Morgan fingerprint density at radius 3 is 2.33 bits per heavy atom. The van der Waals surface area contributed by atoms with Gasteiger partial charge in [-0.05, 0) is 29.8 Å². The van der Waals surface area contributed by atoms with Gasteiger partial charge in [-0.25, -0.2) is 4.52 Å². The minimum absolute atomic E-state index is 0.0131. The third-order valence-corrected chi connectivity index (χ3v) is 4.55. The molecule has 0 amide bonds. The van der Waals surface area contributed by atoms with Crippen LogP contribution in [0.5, 0.6) is 11.5 Å². The number of allylic oxidation sites excluding steroid dienone is 1. The molecule has 8 heteroatoms. The molecule has 1 aliphatic carbocycles. The molecule has 0 bridgehead atoms. The molecule has 0 saturated heterocycles. The van der Waals surface area contributed by atoms with Crippen molar-refractivity contribution in [1.29, 1.82) is 0 Å². The summed E-state index contributed by atoms with van der Waals surface area (Å²) in [6, 6.07) is 6.84. The Morgan fingerprint density at radius 1 is 1.04 bits per heavy atom. The van der Waals surface area contributed by atoms with E-state index >= 15 is 0 Å². The van der Waals surface area contributed by atoms with Gasteiger partial charge >= 0.3 is 8.25 Å². The summed E-state index contributed by atoms with van der Waals surface area (Å²) in [7, 11) is -2.87. The number of aromatic hydroxyl groups is 2. The average molecular weight is 387 g/mol. The fourth-order valence-corrected chi connectivity index (χ4v) is 3.38. The van der Waals surface area contributed by atoms with Crippen molar-refractivity contribution in [1.82, 2.24) is 0 Å². The van der Waals surface area contributed by atoms with Crippen molar-refractivity contribution in [3.63, 3.8) is 0 Å². The molecule has 1 aliphatic rings. The predicted octanol–water partition coefficient (Wildman–Crippen LogP) is 3.54. The van der Waals surface area contributed by atoms with E-state index in [0.717, 1.165) is 0 Å². The smallest absolute Gasteiger partial charge is 0.507 e. The third-order valence-electron chi connectivity index (χ3n) is 4.19. The highest BCUT2D eigenvalue weighted by Gasteiger charge is 2.34. The molecule has 0 heterocycles. The summed E-state index contributed by atoms with van der Waals surface area (Å²) >= 11 is 0. The molecule has 138 valence electrons. The van der Waals surface area contributed by atoms with E-state index in [0.29, 0.717) is 5.56 Å². The van der Waals surface area contributed by atoms with E-state index in [1.54, 1.807) is 13.8 Å². The van der Waals surface area contributed by atoms with Crippen molar-refractivity contribution in [2.24, 2.45) is 5.92 Å². The standard InChI is InChI=1S/C19H15O7P/c1-9(2)15(26-27(24)25)8-10-6-12-17(14(21)7-10)19(23)16-11(18(12)22)4-3-5-13(16)20/h3-9H,1-2H3,(H2-,20,21,23,24,25)/p+1/b15-8-. The van der Waals surface area contributed by atoms with Crippen LogP contribution in [-0.2, 0) is 9.09 Å². The zero-order valence-electron chi connectivity index (χ0n) is 14.5. The molecule has 3 rings (SSSR count). The molecule has 1 atom stereocenters. The molecule has 2 aromatic rings. The Labute approximate surface area is 155 Å². The first-order valence-electron chi connectivity index (χ1n) is 8.04. The molecule has 1 unspecified atom stereocenters. The topological polar surface area (TPSA) is 121 Å². The maximum absolute atomic E-state index is 12.8. The molecule has 0 fully saturated rings. The zero-order valence-corrected chi connectivity index (χ0v) is 15.4. The van der Waals surface area contributed by atoms with Crippen molar-refractivity contribution < 1.29 is 33.8 Å². The number of rotatable bonds is 4. The molecule has 7 nitrogen and oxygen atoms in total. The maximum atomic E-state index is 12.8. The minimum atomic E-state index is -2.87. The Kier molecular flexibility index (Phi) is 4.83. The molecular weight excluding hydrogens is 371 g/mol. The first-order chi connectivity index (χ1) is 12.7. The monoisotopic (exact) mass is 387 g/mol. The molecule has 3 N–H and O–H groups in total. The predicted molar refractivity (Wildman–Crippen MR) is 96.8 cm³/mol. The summed E-state index contributed by atoms with van der Waals surface area (Å²) in [5.74, 6) is -1.97. The van der Waals surface area contributed by atoms with Crippen molar-refractivity contribution in [2.45, 2.75) is 13.8 Å². The lowest BCUT2D eigenvalue weighted by molar-refractivity contribution is 0.0974. The van der Waals surface area contributed by atoms with Gasteiger partial charge in [-0.1, -0.05) is 26.0 Å². The number of carbonyl (C=O) groups is 2. The van der Waals surface area contributed by atoms with E-state index in [-0.39, 0.29) is 39.7 Å². The van der Waals surface area contributed by atoms with Gasteiger partial charge in [0.15, 0.2) is 11.5 Å². The quantitative estimate of drug-likeness (QED) is 0.462. The van der Waals surface area contributed by atoms with Crippen LogP contribution in [0.1, 0.15) is 51.3 Å². The van der Waals surface area contributed by atoms with Crippen LogP contribution in [0.15, 0.2) is 36.1 Å². The van der Waals surface area contributed by atoms with Crippen LogP contribution >= 0.6 is 8.25 Å². The summed E-state index contributed by atoms with van der Waals surface area (Å²) < 4.78 is 15.9. The van der Waals surface area contributed by atoms with Gasteiger partial charge in [0.2, 0.25) is 5.78 Å². The van der Waals surface area contributed by atoms with Gasteiger partial charge in [0.25, 0.3) is 0 Å². The second-order valence-corrected chi connectivity index (χ2v) is 7.01. The highest BCUT2D eigenvalue weighted by atomic mass is 31.1. The van der Waals surface area contributed by atoms with Crippen molar-refractivity contribution in [3.05, 3.63) is 63.9 Å². The average Bonchev–Trinajstić information content (AvgIpc) is 2.58. The highest BCUT2D eigenvalue weighted by molar-refractivity contribution is 7.32. The van der Waals surface area contributed by atoms with Crippen molar-refractivity contribution in [2.75, 3.05) is 0 Å². The van der Waals surface area contributed by atoms with Gasteiger partial charge in [-0.3, -0.25) is 9.59 Å². The van der Waals surface area contributed by atoms with Gasteiger partial charge in [-0.15, -0.1) is 4.89 Å². The Morgan fingerprint density at radius 2 is 1.70 bits per heavy atom. The third kappa shape index (κ3) is 3.35. The van der Waals surface area contributed by atoms with Crippen LogP contribution < -0.4 is 0 Å². The van der Waals surface area contributed by atoms with Gasteiger partial charge in [0, 0.05) is 21.6 Å². The lowest BCUT2D eigenvalue weighted by Gasteiger charge is -2.19. The fourth-order valence-electron chi connectivity index (χ4n) is 2.94. The summed E-state index contributed by atoms with van der Waals surface area (Å²) in [4.78, 5) is 34.5. The molecule has 27 heavy (non-hydrogen) atoms. The SMILES string of the molecule is CC(C)/C(=C/c1cc(O)c2c(c1)C(=O)c1cccc(O)c1C2=O)O[P+](=O)O. The Bertz CT molecular complexity index is 1020. The first-order valence-corrected chi connectivity index (χ1v) is 9.17. The van der Waals surface area contributed by atoms with Crippen LogP contribution in [0.3, 0.4) is 0 Å². The number of fused-ring (bicyclic) bond motifs is 2. The Balaban J connectivity index is 2.17. The van der Waals surface area contributed by atoms with Crippen LogP contribution in [-0.4, -0.2) is 26.7 Å². The second kappa shape index (κ2) is 6.95. The van der Waals surface area contributed by atoms with Crippen LogP contribution in [0, 0.1) is 5.92 Å². The molecule has 2 aromatic carbocycles. The van der Waals surface area contributed by atoms with E-state index in [1.807, 2.05) is 0 Å². The number of ketones is 2. The van der Waals surface area contributed by atoms with Crippen molar-refractivity contribution in [3.8, 4) is 11.5 Å². The molecular formula is C19H16O7P+. The number of phenolic OH excluding ortho intramolecular Hbond substituents is 2. The maximum Gasteiger partial charge on any atom is 0.747 e. The van der Waals surface area contributed by atoms with Crippen LogP contribution in [0.25, 0.3) is 6.08 Å². The number of carbonyl (C=O) groups excluding carboxylic acids is 2. The number of benzene rings is 2. The molecule has 0 spiro atoms. The summed E-state index contributed by atoms with van der Waals surface area (Å²) in [6.45, 7) is 3.49. The normalized spacial score (nSPS) is 14.1. The van der Waals surface area contributed by atoms with E-state index in [2.05, 4.69) is 0 Å². The fraction of sp³-hybridized carbons (Fsp3) is 0.158. The minimum Gasteiger partial charge on any atom is -0.507 e. The van der Waals surface area contributed by atoms with E-state index in [1.165, 1.54) is 36.4 Å². The first kappa shape index (κ1) is 18.8. The zero-order chi connectivity index (χ0) is 19.9. The van der Waals surface area contributed by atoms with Gasteiger partial charge in [0.1, 0.15) is 11.5 Å². The summed E-state index contributed by atoms with van der Waals surface area (Å²) in [6.07, 6.45) is 1.42. The summed E-state index contributed by atoms with van der Waals surface area (Å²) in [5.41, 5.74) is 0.0349. The molecule has 0 aliphatic heterocycles. The molecule has 0 saturated carbocycles. The van der Waals surface area contributed by atoms with E-state index in [4.69, 9.17) is 9.42 Å². The van der Waals surface area contributed by atoms with Gasteiger partial charge in [0.05, 0.1) is 11.1 Å². The second-order valence-electron chi connectivity index (χ2n) is 6.35. The number of phenols is 2. The number of hydrogen-bond acceptors (Lipinski definition) is 6. The van der Waals surface area contributed by atoms with E-state index in [9.17, 15) is 24.4 Å². The van der Waals surface area contributed by atoms with Crippen LogP contribution in [0.2, 0.25) is 0 Å². The van der Waals surface area contributed by atoms with Crippen LogP contribution in [0.4, 0.5) is 0 Å². The van der Waals surface area contributed by atoms with Gasteiger partial charge in [-0.2, -0.15) is 0 Å². The number of hydrogen-bond donors (Lipinski definition) is 3. The molecule has 0 aromatic heterocycles. The van der Waals surface area contributed by atoms with Crippen molar-refractivity contribution >= 4 is 25.9 Å².